The molecule has 0 saturated carbocycles. The Morgan fingerprint density at radius 3 is 1.89 bits per heavy atom. The molecular weight excluding hydrogens is 293 g/mol. The number of carbonyl (C=O) groups is 3. The van der Waals surface area contributed by atoms with Gasteiger partial charge >= 0.3 is 5.97 Å². The molecule has 1 aliphatic rings. The second-order valence-corrected chi connectivity index (χ2v) is 4.55. The Labute approximate surface area is 118 Å². The zero-order chi connectivity index (χ0) is 14.3. The number of hydrogen-bond donors (Lipinski definition) is 1. The van der Waals surface area contributed by atoms with E-state index < -0.39 is 23.5 Å². The summed E-state index contributed by atoms with van der Waals surface area (Å²) in [5.41, 5.74) is -0.321. The van der Waals surface area contributed by atoms with Gasteiger partial charge in [0, 0.05) is 0 Å². The van der Waals surface area contributed by atoms with Crippen LogP contribution in [0.5, 0.6) is 0 Å². The summed E-state index contributed by atoms with van der Waals surface area (Å²) in [4.78, 5) is 35.8. The van der Waals surface area contributed by atoms with E-state index in [1.54, 1.807) is 0 Å². The molecule has 1 heterocycles. The normalized spacial score (nSPS) is 14.9. The van der Waals surface area contributed by atoms with Crippen molar-refractivity contribution in [2.24, 2.45) is 0 Å². The number of fused-ring (bicyclic) bond motifs is 1. The van der Waals surface area contributed by atoms with Crippen molar-refractivity contribution in [3.8, 4) is 0 Å². The van der Waals surface area contributed by atoms with Gasteiger partial charge in [-0.3, -0.25) is 9.59 Å². The first kappa shape index (κ1) is 13.6. The first-order chi connectivity index (χ1) is 8.88. The van der Waals surface area contributed by atoms with Crippen molar-refractivity contribution in [2.45, 2.75) is 6.92 Å². The second-order valence-electron chi connectivity index (χ2n) is 3.74. The predicted molar refractivity (Wildman–Crippen MR) is 68.4 cm³/mol. The molecule has 0 bridgehead atoms. The lowest BCUT2D eigenvalue weighted by Crippen LogP contribution is -2.32. The molecule has 0 saturated heterocycles. The van der Waals surface area contributed by atoms with Gasteiger partial charge in [-0.05, 0) is 19.1 Å². The fourth-order valence-corrected chi connectivity index (χ4v) is 2.13. The average molecular weight is 300 g/mol. The molecule has 0 unspecified atom stereocenters. The second kappa shape index (κ2) is 4.68. The molecule has 1 aromatic rings. The molecule has 0 aromatic heterocycles. The van der Waals surface area contributed by atoms with Crippen molar-refractivity contribution < 1.29 is 19.5 Å². The lowest BCUT2D eigenvalue weighted by atomic mass is 10.1. The van der Waals surface area contributed by atoms with E-state index in [1.165, 1.54) is 25.1 Å². The molecule has 1 aromatic carbocycles. The van der Waals surface area contributed by atoms with Crippen LogP contribution in [0, 0.1) is 0 Å². The number of carbonyl (C=O) groups excluding carboxylic acids is 2. The number of aliphatic carboxylic acids is 1. The van der Waals surface area contributed by atoms with Gasteiger partial charge in [0.1, 0.15) is 5.70 Å². The Balaban J connectivity index is 2.60. The van der Waals surface area contributed by atoms with Crippen LogP contribution in [-0.2, 0) is 4.79 Å². The molecule has 1 aliphatic heterocycles. The van der Waals surface area contributed by atoms with E-state index in [4.69, 9.17) is 28.3 Å². The van der Waals surface area contributed by atoms with Crippen LogP contribution in [0.2, 0.25) is 10.0 Å². The van der Waals surface area contributed by atoms with E-state index in [-0.39, 0.29) is 21.2 Å². The number of imide groups is 1. The third-order valence-corrected chi connectivity index (χ3v) is 3.38. The summed E-state index contributed by atoms with van der Waals surface area (Å²) in [5, 5.41) is 9.24. The molecule has 2 rings (SSSR count). The maximum Gasteiger partial charge on any atom is 0.352 e. The van der Waals surface area contributed by atoms with Crippen molar-refractivity contribution >= 4 is 41.0 Å². The van der Waals surface area contributed by atoms with Crippen LogP contribution in [0.1, 0.15) is 27.6 Å². The molecule has 98 valence electrons. The van der Waals surface area contributed by atoms with Crippen molar-refractivity contribution in [3.05, 3.63) is 45.1 Å². The summed E-state index contributed by atoms with van der Waals surface area (Å²) in [7, 11) is 0. The summed E-state index contributed by atoms with van der Waals surface area (Å²) >= 11 is 11.6. The van der Waals surface area contributed by atoms with Gasteiger partial charge in [0.25, 0.3) is 11.8 Å². The van der Waals surface area contributed by atoms with E-state index in [2.05, 4.69) is 0 Å². The number of hydrogen-bond acceptors (Lipinski definition) is 3. The highest BCUT2D eigenvalue weighted by atomic mass is 35.5. The highest BCUT2D eigenvalue weighted by Gasteiger charge is 2.40. The molecule has 5 nitrogen and oxygen atoms in total. The minimum Gasteiger partial charge on any atom is -0.477 e. The van der Waals surface area contributed by atoms with E-state index in [0.29, 0.717) is 4.90 Å². The number of carboxylic acid groups (broad SMARTS) is 1. The number of benzene rings is 1. The SMILES string of the molecule is C/C=C(/C(=O)O)N1C(=O)c2cc(Cl)c(Cl)cc2C1=O. The highest BCUT2D eigenvalue weighted by Crippen LogP contribution is 2.33. The maximum atomic E-state index is 12.1. The Morgan fingerprint density at radius 1 is 1.16 bits per heavy atom. The highest BCUT2D eigenvalue weighted by molar-refractivity contribution is 6.43. The summed E-state index contributed by atoms with van der Waals surface area (Å²) in [6.45, 7) is 1.42. The average Bonchev–Trinajstić information content (AvgIpc) is 2.56. The Bertz CT molecular complexity index is 610. The number of nitrogens with zero attached hydrogens (tertiary/aromatic N) is 1. The largest absolute Gasteiger partial charge is 0.477 e. The van der Waals surface area contributed by atoms with Gasteiger partial charge < -0.3 is 5.11 Å². The molecule has 19 heavy (non-hydrogen) atoms. The third kappa shape index (κ3) is 2.01. The van der Waals surface area contributed by atoms with Gasteiger partial charge in [0.2, 0.25) is 0 Å². The lowest BCUT2D eigenvalue weighted by molar-refractivity contribution is -0.133. The summed E-state index contributed by atoms with van der Waals surface area (Å²) in [6.07, 6.45) is 1.17. The lowest BCUT2D eigenvalue weighted by Gasteiger charge is -2.13. The molecule has 0 aliphatic carbocycles. The zero-order valence-electron chi connectivity index (χ0n) is 9.61. The number of allylic oxidation sites excluding steroid dienone is 1. The van der Waals surface area contributed by atoms with Crippen molar-refractivity contribution in [1.82, 2.24) is 4.90 Å². The molecule has 0 fully saturated rings. The van der Waals surface area contributed by atoms with Gasteiger partial charge in [0.05, 0.1) is 21.2 Å². The first-order valence-electron chi connectivity index (χ1n) is 5.16. The smallest absolute Gasteiger partial charge is 0.352 e. The molecule has 2 amide bonds. The van der Waals surface area contributed by atoms with Crippen LogP contribution in [-0.4, -0.2) is 27.8 Å². The van der Waals surface area contributed by atoms with Crippen LogP contribution in [0.4, 0.5) is 0 Å². The minimum absolute atomic E-state index is 0.0417. The van der Waals surface area contributed by atoms with Gasteiger partial charge in [-0.2, -0.15) is 0 Å². The summed E-state index contributed by atoms with van der Waals surface area (Å²) < 4.78 is 0. The fourth-order valence-electron chi connectivity index (χ4n) is 1.80. The van der Waals surface area contributed by atoms with E-state index >= 15 is 0 Å². The molecule has 0 spiro atoms. The standard InChI is InChI=1S/C12H7Cl2NO4/c1-2-9(12(18)19)15-10(16)5-3-7(13)8(14)4-6(5)11(15)17/h2-4H,1H3,(H,18,19)/b9-2-. The van der Waals surface area contributed by atoms with Crippen molar-refractivity contribution in [2.75, 3.05) is 0 Å². The quantitative estimate of drug-likeness (QED) is 0.673. The van der Waals surface area contributed by atoms with Crippen LogP contribution in [0.25, 0.3) is 0 Å². The molecular formula is C12H7Cl2NO4. The molecule has 0 atom stereocenters. The van der Waals surface area contributed by atoms with Crippen LogP contribution < -0.4 is 0 Å². The van der Waals surface area contributed by atoms with E-state index in [9.17, 15) is 14.4 Å². The van der Waals surface area contributed by atoms with Crippen LogP contribution in [0.15, 0.2) is 23.9 Å². The van der Waals surface area contributed by atoms with Crippen molar-refractivity contribution in [1.29, 1.82) is 0 Å². The number of halogens is 2. The molecule has 7 heteroatoms. The Kier molecular flexibility index (Phi) is 3.34. The Morgan fingerprint density at radius 2 is 1.58 bits per heavy atom. The first-order valence-corrected chi connectivity index (χ1v) is 5.91. The third-order valence-electron chi connectivity index (χ3n) is 2.66. The van der Waals surface area contributed by atoms with E-state index in [0.717, 1.165) is 0 Å². The van der Waals surface area contributed by atoms with E-state index in [1.807, 2.05) is 0 Å². The summed E-state index contributed by atoms with van der Waals surface area (Å²) in [5.74, 6) is -2.82. The monoisotopic (exact) mass is 299 g/mol. The van der Waals surface area contributed by atoms with Gasteiger partial charge in [-0.1, -0.05) is 29.3 Å². The van der Waals surface area contributed by atoms with Gasteiger partial charge in [-0.15, -0.1) is 0 Å². The fraction of sp³-hybridized carbons (Fsp3) is 0.0833. The topological polar surface area (TPSA) is 74.7 Å². The number of rotatable bonds is 2. The predicted octanol–water partition coefficient (Wildman–Crippen LogP) is 2.58. The minimum atomic E-state index is -1.37. The molecule has 0 radical (unpaired) electrons. The zero-order valence-corrected chi connectivity index (χ0v) is 11.1. The van der Waals surface area contributed by atoms with Crippen molar-refractivity contribution in [3.63, 3.8) is 0 Å². The number of amides is 2. The van der Waals surface area contributed by atoms with Crippen LogP contribution in [0.3, 0.4) is 0 Å². The maximum absolute atomic E-state index is 12.1. The van der Waals surface area contributed by atoms with Gasteiger partial charge in [-0.25, -0.2) is 9.69 Å². The summed E-state index contributed by atoms with van der Waals surface area (Å²) in [6, 6.07) is 2.52. The van der Waals surface area contributed by atoms with Crippen LogP contribution >= 0.6 is 23.2 Å². The Hall–Kier alpha value is -1.85. The van der Waals surface area contributed by atoms with Gasteiger partial charge in [0.15, 0.2) is 0 Å². The number of carboxylic acids is 1. The molecule has 1 N–H and O–H groups in total.